The van der Waals surface area contributed by atoms with Gasteiger partial charge in [0, 0.05) is 6.54 Å². The van der Waals surface area contributed by atoms with Crippen molar-refractivity contribution in [1.29, 1.82) is 0 Å². The first kappa shape index (κ1) is 12.6. The lowest BCUT2D eigenvalue weighted by Crippen LogP contribution is -2.15. The van der Waals surface area contributed by atoms with E-state index in [-0.39, 0.29) is 0 Å². The molecule has 1 heterocycles. The standard InChI is InChI=1S/C10H16N4OS/c1-16-4-2-3-13-9-5-7(10(12)15)8(11)6-14-9/h5-6H,2-4,11H2,1H3,(H2,12,15)(H,13,14). The number of hydrogen-bond acceptors (Lipinski definition) is 5. The van der Waals surface area contributed by atoms with Crippen LogP contribution in [0.25, 0.3) is 0 Å². The Morgan fingerprint density at radius 2 is 2.38 bits per heavy atom. The maximum absolute atomic E-state index is 11.0. The van der Waals surface area contributed by atoms with Crippen molar-refractivity contribution in [3.05, 3.63) is 17.8 Å². The van der Waals surface area contributed by atoms with Crippen LogP contribution in [-0.2, 0) is 0 Å². The van der Waals surface area contributed by atoms with E-state index < -0.39 is 5.91 Å². The van der Waals surface area contributed by atoms with Gasteiger partial charge in [0.1, 0.15) is 5.82 Å². The van der Waals surface area contributed by atoms with E-state index in [0.717, 1.165) is 18.7 Å². The number of amides is 1. The number of aromatic nitrogens is 1. The third-order valence-corrected chi connectivity index (χ3v) is 2.73. The molecular formula is C10H16N4OS. The molecule has 1 aromatic heterocycles. The topological polar surface area (TPSA) is 94.0 Å². The number of rotatable bonds is 6. The largest absolute Gasteiger partial charge is 0.397 e. The van der Waals surface area contributed by atoms with Crippen LogP contribution in [-0.4, -0.2) is 29.4 Å². The number of anilines is 2. The predicted octanol–water partition coefficient (Wildman–Crippen LogP) is 0.928. The second-order valence-corrected chi connectivity index (χ2v) is 4.28. The monoisotopic (exact) mass is 240 g/mol. The Bertz CT molecular complexity index is 370. The lowest BCUT2D eigenvalue weighted by molar-refractivity contribution is 0.100. The number of nitrogens with zero attached hydrogens (tertiary/aromatic N) is 1. The molecule has 6 heteroatoms. The van der Waals surface area contributed by atoms with Gasteiger partial charge in [-0.3, -0.25) is 4.79 Å². The maximum atomic E-state index is 11.0. The molecule has 88 valence electrons. The number of primary amides is 1. The van der Waals surface area contributed by atoms with Crippen LogP contribution < -0.4 is 16.8 Å². The van der Waals surface area contributed by atoms with Crippen LogP contribution in [0.4, 0.5) is 11.5 Å². The van der Waals surface area contributed by atoms with Crippen LogP contribution in [0.15, 0.2) is 12.3 Å². The highest BCUT2D eigenvalue weighted by atomic mass is 32.2. The van der Waals surface area contributed by atoms with Gasteiger partial charge in [-0.25, -0.2) is 4.98 Å². The first-order valence-electron chi connectivity index (χ1n) is 4.93. The summed E-state index contributed by atoms with van der Waals surface area (Å²) in [5, 5.41) is 3.11. The Balaban J connectivity index is 2.61. The molecule has 1 amide bonds. The molecule has 0 aliphatic heterocycles. The van der Waals surface area contributed by atoms with Gasteiger partial charge in [0.2, 0.25) is 0 Å². The van der Waals surface area contributed by atoms with Crippen LogP contribution in [0.2, 0.25) is 0 Å². The summed E-state index contributed by atoms with van der Waals surface area (Å²) in [6.07, 6.45) is 4.54. The van der Waals surface area contributed by atoms with Crippen molar-refractivity contribution in [3.8, 4) is 0 Å². The second kappa shape index (κ2) is 6.22. The second-order valence-electron chi connectivity index (χ2n) is 3.29. The van der Waals surface area contributed by atoms with Gasteiger partial charge in [-0.1, -0.05) is 0 Å². The predicted molar refractivity (Wildman–Crippen MR) is 68.7 cm³/mol. The molecule has 0 radical (unpaired) electrons. The fraction of sp³-hybridized carbons (Fsp3) is 0.400. The van der Waals surface area contributed by atoms with E-state index in [1.807, 2.05) is 0 Å². The first-order valence-corrected chi connectivity index (χ1v) is 6.32. The molecule has 0 atom stereocenters. The zero-order chi connectivity index (χ0) is 12.0. The van der Waals surface area contributed by atoms with Crippen molar-refractivity contribution in [2.24, 2.45) is 5.73 Å². The van der Waals surface area contributed by atoms with Gasteiger partial charge < -0.3 is 16.8 Å². The Labute approximate surface area is 99.0 Å². The number of thioether (sulfide) groups is 1. The smallest absolute Gasteiger partial charge is 0.250 e. The van der Waals surface area contributed by atoms with Gasteiger partial charge in [0.15, 0.2) is 0 Å². The molecule has 5 nitrogen and oxygen atoms in total. The first-order chi connectivity index (χ1) is 7.65. The molecule has 16 heavy (non-hydrogen) atoms. The Morgan fingerprint density at radius 3 is 3.00 bits per heavy atom. The number of carbonyl (C=O) groups excluding carboxylic acids is 1. The molecule has 1 rings (SSSR count). The van der Waals surface area contributed by atoms with Crippen LogP contribution in [0.3, 0.4) is 0 Å². The molecule has 0 saturated heterocycles. The molecule has 0 aliphatic carbocycles. The highest BCUT2D eigenvalue weighted by Gasteiger charge is 2.07. The van der Waals surface area contributed by atoms with Gasteiger partial charge in [0.25, 0.3) is 5.91 Å². The van der Waals surface area contributed by atoms with Crippen LogP contribution in [0.1, 0.15) is 16.8 Å². The zero-order valence-electron chi connectivity index (χ0n) is 9.19. The third-order valence-electron chi connectivity index (χ3n) is 2.03. The number of pyridine rings is 1. The molecular weight excluding hydrogens is 224 g/mol. The normalized spacial score (nSPS) is 10.1. The molecule has 1 aromatic rings. The number of nitrogens with two attached hydrogens (primary N) is 2. The summed E-state index contributed by atoms with van der Waals surface area (Å²) in [6, 6.07) is 1.58. The number of nitrogen functional groups attached to an aromatic ring is 1. The summed E-state index contributed by atoms with van der Waals surface area (Å²) < 4.78 is 0. The van der Waals surface area contributed by atoms with Crippen LogP contribution >= 0.6 is 11.8 Å². The highest BCUT2D eigenvalue weighted by Crippen LogP contribution is 2.14. The number of hydrogen-bond donors (Lipinski definition) is 3. The SMILES string of the molecule is CSCCCNc1cc(C(N)=O)c(N)cn1. The number of carbonyl (C=O) groups is 1. The quantitative estimate of drug-likeness (QED) is 0.643. The highest BCUT2D eigenvalue weighted by molar-refractivity contribution is 7.98. The minimum absolute atomic E-state index is 0.308. The van der Waals surface area contributed by atoms with Crippen molar-refractivity contribution < 1.29 is 4.79 Å². The van der Waals surface area contributed by atoms with Gasteiger partial charge in [-0.05, 0) is 24.5 Å². The minimum atomic E-state index is -0.535. The van der Waals surface area contributed by atoms with Gasteiger partial charge in [-0.15, -0.1) is 0 Å². The summed E-state index contributed by atoms with van der Waals surface area (Å²) in [6.45, 7) is 0.815. The molecule has 0 aromatic carbocycles. The van der Waals surface area contributed by atoms with E-state index in [1.54, 1.807) is 17.8 Å². The van der Waals surface area contributed by atoms with E-state index in [1.165, 1.54) is 6.20 Å². The molecule has 0 spiro atoms. The molecule has 0 saturated carbocycles. The molecule has 0 unspecified atom stereocenters. The van der Waals surface area contributed by atoms with Crippen molar-refractivity contribution in [1.82, 2.24) is 4.98 Å². The Kier molecular flexibility index (Phi) is 4.91. The van der Waals surface area contributed by atoms with Crippen LogP contribution in [0.5, 0.6) is 0 Å². The minimum Gasteiger partial charge on any atom is -0.397 e. The molecule has 0 bridgehead atoms. The van der Waals surface area contributed by atoms with E-state index in [9.17, 15) is 4.79 Å². The maximum Gasteiger partial charge on any atom is 0.250 e. The van der Waals surface area contributed by atoms with Crippen LogP contribution in [0, 0.1) is 0 Å². The van der Waals surface area contributed by atoms with E-state index in [0.29, 0.717) is 17.1 Å². The number of nitrogens with one attached hydrogen (secondary N) is 1. The summed E-state index contributed by atoms with van der Waals surface area (Å²) >= 11 is 1.79. The van der Waals surface area contributed by atoms with Crippen molar-refractivity contribution in [3.63, 3.8) is 0 Å². The van der Waals surface area contributed by atoms with Crippen molar-refractivity contribution in [2.75, 3.05) is 29.6 Å². The summed E-state index contributed by atoms with van der Waals surface area (Å²) in [4.78, 5) is 15.1. The van der Waals surface area contributed by atoms with E-state index >= 15 is 0 Å². The lowest BCUT2D eigenvalue weighted by atomic mass is 10.2. The van der Waals surface area contributed by atoms with Crippen molar-refractivity contribution in [2.45, 2.75) is 6.42 Å². The van der Waals surface area contributed by atoms with E-state index in [4.69, 9.17) is 11.5 Å². The van der Waals surface area contributed by atoms with Gasteiger partial charge >= 0.3 is 0 Å². The molecule has 0 aliphatic rings. The summed E-state index contributed by atoms with van der Waals surface area (Å²) in [5.74, 6) is 1.18. The summed E-state index contributed by atoms with van der Waals surface area (Å²) in [5.41, 5.74) is 11.4. The fourth-order valence-corrected chi connectivity index (χ4v) is 1.64. The average Bonchev–Trinajstić information content (AvgIpc) is 2.26. The van der Waals surface area contributed by atoms with Crippen molar-refractivity contribution >= 4 is 29.2 Å². The third kappa shape index (κ3) is 3.62. The Hall–Kier alpha value is -1.43. The zero-order valence-corrected chi connectivity index (χ0v) is 10.0. The van der Waals surface area contributed by atoms with Gasteiger partial charge in [-0.2, -0.15) is 11.8 Å². The Morgan fingerprint density at radius 1 is 1.62 bits per heavy atom. The molecule has 0 fully saturated rings. The lowest BCUT2D eigenvalue weighted by Gasteiger charge is -2.07. The summed E-state index contributed by atoms with van der Waals surface area (Å²) in [7, 11) is 0. The fourth-order valence-electron chi connectivity index (χ4n) is 1.21. The average molecular weight is 240 g/mol. The molecule has 5 N–H and O–H groups in total. The van der Waals surface area contributed by atoms with Gasteiger partial charge in [0.05, 0.1) is 17.4 Å². The van der Waals surface area contributed by atoms with E-state index in [2.05, 4.69) is 16.6 Å².